The lowest BCUT2D eigenvalue weighted by Gasteiger charge is -2.23. The number of anilines is 2. The molecule has 0 aromatic heterocycles. The minimum atomic E-state index is 0.131. The predicted molar refractivity (Wildman–Crippen MR) is 77.6 cm³/mol. The van der Waals surface area contributed by atoms with Gasteiger partial charge in [-0.2, -0.15) is 0 Å². The third kappa shape index (κ3) is 3.76. The molecule has 0 saturated heterocycles. The lowest BCUT2D eigenvalue weighted by molar-refractivity contribution is -0.122. The van der Waals surface area contributed by atoms with Gasteiger partial charge in [0.15, 0.2) is 0 Å². The first-order valence-electron chi connectivity index (χ1n) is 6.73. The van der Waals surface area contributed by atoms with Crippen LogP contribution in [0, 0.1) is 5.92 Å². The molecule has 0 fully saturated rings. The lowest BCUT2D eigenvalue weighted by Crippen LogP contribution is -2.32. The predicted octanol–water partition coefficient (Wildman–Crippen LogP) is 3.45. The van der Waals surface area contributed by atoms with Crippen LogP contribution in [0.2, 0.25) is 0 Å². The van der Waals surface area contributed by atoms with Crippen molar-refractivity contribution < 1.29 is 4.79 Å². The molecule has 0 aliphatic carbocycles. The lowest BCUT2D eigenvalue weighted by atomic mass is 9.96. The third-order valence-electron chi connectivity index (χ3n) is 3.21. The molecule has 0 unspecified atom stereocenters. The Kier molecular flexibility index (Phi) is 5.69. The number of rotatable bonds is 6. The Bertz CT molecular complexity index is 384. The van der Waals surface area contributed by atoms with Gasteiger partial charge in [0.2, 0.25) is 5.91 Å². The van der Waals surface area contributed by atoms with Crippen molar-refractivity contribution in [3.05, 3.63) is 24.3 Å². The molecule has 1 aromatic rings. The van der Waals surface area contributed by atoms with Gasteiger partial charge in [-0.15, -0.1) is 0 Å². The number of hydrogen-bond donors (Lipinski definition) is 1. The van der Waals surface area contributed by atoms with Crippen LogP contribution in [0.25, 0.3) is 0 Å². The SMILES string of the molecule is CCCC(CCC)C(=O)N(C)c1cccc(N)c1. The molecule has 3 nitrogen and oxygen atoms in total. The van der Waals surface area contributed by atoms with Gasteiger partial charge < -0.3 is 10.6 Å². The summed E-state index contributed by atoms with van der Waals surface area (Å²) in [5, 5.41) is 0. The van der Waals surface area contributed by atoms with Crippen LogP contribution in [-0.4, -0.2) is 13.0 Å². The van der Waals surface area contributed by atoms with Crippen LogP contribution in [0.5, 0.6) is 0 Å². The summed E-state index contributed by atoms with van der Waals surface area (Å²) in [5.41, 5.74) is 7.31. The summed E-state index contributed by atoms with van der Waals surface area (Å²) < 4.78 is 0. The fraction of sp³-hybridized carbons (Fsp3) is 0.533. The number of nitrogen functional groups attached to an aromatic ring is 1. The highest BCUT2D eigenvalue weighted by molar-refractivity contribution is 5.94. The van der Waals surface area contributed by atoms with Crippen LogP contribution in [-0.2, 0) is 4.79 Å². The van der Waals surface area contributed by atoms with Crippen LogP contribution in [0.15, 0.2) is 24.3 Å². The van der Waals surface area contributed by atoms with Gasteiger partial charge in [0, 0.05) is 24.3 Å². The number of benzene rings is 1. The monoisotopic (exact) mass is 248 g/mol. The largest absolute Gasteiger partial charge is 0.399 e. The number of nitrogens with two attached hydrogens (primary N) is 1. The van der Waals surface area contributed by atoms with Gasteiger partial charge in [0.1, 0.15) is 0 Å². The molecular formula is C15H24N2O. The maximum absolute atomic E-state index is 12.4. The van der Waals surface area contributed by atoms with Gasteiger partial charge >= 0.3 is 0 Å². The van der Waals surface area contributed by atoms with Crippen molar-refractivity contribution in [1.29, 1.82) is 0 Å². The number of hydrogen-bond acceptors (Lipinski definition) is 2. The fourth-order valence-corrected chi connectivity index (χ4v) is 2.22. The minimum absolute atomic E-state index is 0.131. The molecule has 1 rings (SSSR count). The first-order valence-corrected chi connectivity index (χ1v) is 6.73. The zero-order valence-electron chi connectivity index (χ0n) is 11.6. The zero-order chi connectivity index (χ0) is 13.5. The van der Waals surface area contributed by atoms with E-state index in [4.69, 9.17) is 5.73 Å². The average molecular weight is 248 g/mol. The van der Waals surface area contributed by atoms with Crippen LogP contribution in [0.1, 0.15) is 39.5 Å². The number of amides is 1. The normalized spacial score (nSPS) is 10.7. The summed E-state index contributed by atoms with van der Waals surface area (Å²) in [4.78, 5) is 14.1. The molecule has 3 heteroatoms. The highest BCUT2D eigenvalue weighted by atomic mass is 16.2. The van der Waals surface area contributed by atoms with Crippen molar-refractivity contribution in [3.63, 3.8) is 0 Å². The summed E-state index contributed by atoms with van der Waals surface area (Å²) >= 11 is 0. The Morgan fingerprint density at radius 1 is 1.28 bits per heavy atom. The van der Waals surface area contributed by atoms with E-state index in [1.54, 1.807) is 4.90 Å². The van der Waals surface area contributed by atoms with Crippen LogP contribution in [0.3, 0.4) is 0 Å². The molecule has 18 heavy (non-hydrogen) atoms. The Hall–Kier alpha value is -1.51. The first kappa shape index (κ1) is 14.6. The topological polar surface area (TPSA) is 46.3 Å². The number of carbonyl (C=O) groups excluding carboxylic acids is 1. The molecule has 0 bridgehead atoms. The highest BCUT2D eigenvalue weighted by Gasteiger charge is 2.21. The first-order chi connectivity index (χ1) is 8.60. The smallest absolute Gasteiger partial charge is 0.229 e. The van der Waals surface area contributed by atoms with Crippen molar-refractivity contribution in [3.8, 4) is 0 Å². The second-order valence-electron chi connectivity index (χ2n) is 4.77. The van der Waals surface area contributed by atoms with E-state index >= 15 is 0 Å². The summed E-state index contributed by atoms with van der Waals surface area (Å²) in [7, 11) is 1.83. The molecule has 2 N–H and O–H groups in total. The van der Waals surface area contributed by atoms with Gasteiger partial charge in [-0.3, -0.25) is 4.79 Å². The van der Waals surface area contributed by atoms with E-state index in [9.17, 15) is 4.79 Å². The van der Waals surface area contributed by atoms with Crippen LogP contribution < -0.4 is 10.6 Å². The molecule has 1 aromatic carbocycles. The minimum Gasteiger partial charge on any atom is -0.399 e. The van der Waals surface area contributed by atoms with Gasteiger partial charge in [-0.25, -0.2) is 0 Å². The maximum Gasteiger partial charge on any atom is 0.229 e. The molecule has 0 radical (unpaired) electrons. The Labute approximate surface area is 110 Å². The summed E-state index contributed by atoms with van der Waals surface area (Å²) in [6.07, 6.45) is 4.00. The second kappa shape index (κ2) is 7.04. The quantitative estimate of drug-likeness (QED) is 0.784. The van der Waals surface area contributed by atoms with Crippen molar-refractivity contribution in [2.45, 2.75) is 39.5 Å². The summed E-state index contributed by atoms with van der Waals surface area (Å²) in [6.45, 7) is 4.24. The zero-order valence-corrected chi connectivity index (χ0v) is 11.6. The van der Waals surface area contributed by atoms with E-state index < -0.39 is 0 Å². The number of nitrogens with zero attached hydrogens (tertiary/aromatic N) is 1. The van der Waals surface area contributed by atoms with E-state index in [1.165, 1.54) is 0 Å². The van der Waals surface area contributed by atoms with Crippen molar-refractivity contribution >= 4 is 17.3 Å². The summed E-state index contributed by atoms with van der Waals surface area (Å²) in [6, 6.07) is 7.47. The van der Waals surface area contributed by atoms with E-state index in [2.05, 4.69) is 13.8 Å². The van der Waals surface area contributed by atoms with Crippen molar-refractivity contribution in [2.75, 3.05) is 17.7 Å². The Morgan fingerprint density at radius 2 is 1.89 bits per heavy atom. The number of carbonyl (C=O) groups is 1. The Balaban J connectivity index is 2.81. The molecule has 1 amide bonds. The molecule has 0 saturated carbocycles. The molecule has 0 atom stereocenters. The summed E-state index contributed by atoms with van der Waals surface area (Å²) in [5.74, 6) is 0.329. The molecule has 0 aliphatic rings. The molecule has 0 aliphatic heterocycles. The van der Waals surface area contributed by atoms with Gasteiger partial charge in [-0.05, 0) is 31.0 Å². The van der Waals surface area contributed by atoms with Crippen molar-refractivity contribution in [2.24, 2.45) is 5.92 Å². The maximum atomic E-state index is 12.4. The molecular weight excluding hydrogens is 224 g/mol. The molecule has 0 spiro atoms. The van der Waals surface area contributed by atoms with Crippen molar-refractivity contribution in [1.82, 2.24) is 0 Å². The highest BCUT2D eigenvalue weighted by Crippen LogP contribution is 2.22. The van der Waals surface area contributed by atoms with Gasteiger partial charge in [0.05, 0.1) is 0 Å². The van der Waals surface area contributed by atoms with E-state index in [0.29, 0.717) is 5.69 Å². The van der Waals surface area contributed by atoms with Gasteiger partial charge in [-0.1, -0.05) is 32.8 Å². The fourth-order valence-electron chi connectivity index (χ4n) is 2.22. The van der Waals surface area contributed by atoms with Crippen LogP contribution in [0.4, 0.5) is 11.4 Å². The average Bonchev–Trinajstić information content (AvgIpc) is 2.37. The van der Waals surface area contributed by atoms with Gasteiger partial charge in [0.25, 0.3) is 0 Å². The van der Waals surface area contributed by atoms with E-state index in [-0.39, 0.29) is 11.8 Å². The Morgan fingerprint density at radius 3 is 2.39 bits per heavy atom. The second-order valence-corrected chi connectivity index (χ2v) is 4.77. The molecule has 0 heterocycles. The third-order valence-corrected chi connectivity index (χ3v) is 3.21. The molecule has 100 valence electrons. The van der Waals surface area contributed by atoms with E-state index in [0.717, 1.165) is 31.4 Å². The standard InChI is InChI=1S/C15H24N2O/c1-4-7-12(8-5-2)15(18)17(3)14-10-6-9-13(16)11-14/h6,9-12H,4-5,7-8,16H2,1-3H3. The van der Waals surface area contributed by atoms with Crippen LogP contribution >= 0.6 is 0 Å². The van der Waals surface area contributed by atoms with E-state index in [1.807, 2.05) is 31.3 Å².